The maximum absolute atomic E-state index is 13.3. The van der Waals surface area contributed by atoms with E-state index in [4.69, 9.17) is 23.7 Å². The van der Waals surface area contributed by atoms with Crippen LogP contribution in [0, 0.1) is 0 Å². The standard InChI is InChI=1S/C43H59N3O10/c1-42(2,3)55-34(50)22-44-36-39(52-26-29-14-8-5-9-15-29)37(45-23-35(51)56-43(4)20-21-43)41(54-28-31-18-12-7-13-19-31)38(46-32(24-47)33(49)25-48)40(36)53-27-30-16-10-6-11-17-30/h5-19,32-33,36-41,44-49H,20-28H2,1-4H3/t32?,33?,36-,37+,38-,39+,40-,41+/m0/s1. The Morgan fingerprint density at radius 3 is 1.46 bits per heavy atom. The molecule has 6 N–H and O–H groups in total. The van der Waals surface area contributed by atoms with E-state index in [1.165, 1.54) is 0 Å². The molecule has 13 nitrogen and oxygen atoms in total. The number of nitrogens with one attached hydrogen (secondary N) is 3. The van der Waals surface area contributed by atoms with Gasteiger partial charge in [-0.1, -0.05) is 91.0 Å². The number of esters is 2. The first kappa shape index (κ1) is 43.4. The van der Waals surface area contributed by atoms with Crippen LogP contribution in [0.25, 0.3) is 0 Å². The van der Waals surface area contributed by atoms with E-state index in [2.05, 4.69) is 16.0 Å². The molecule has 13 heteroatoms. The van der Waals surface area contributed by atoms with Crippen molar-refractivity contribution in [1.29, 1.82) is 0 Å². The summed E-state index contributed by atoms with van der Waals surface area (Å²) < 4.78 is 31.9. The number of hydrogen-bond donors (Lipinski definition) is 6. The molecule has 0 amide bonds. The zero-order chi connectivity index (χ0) is 40.1. The van der Waals surface area contributed by atoms with Gasteiger partial charge in [0.25, 0.3) is 0 Å². The van der Waals surface area contributed by atoms with Crippen LogP contribution in [0.15, 0.2) is 91.0 Å². The average Bonchev–Trinajstić information content (AvgIpc) is 3.92. The topological polar surface area (TPSA) is 177 Å². The van der Waals surface area contributed by atoms with Crippen molar-refractivity contribution in [2.24, 2.45) is 0 Å². The smallest absolute Gasteiger partial charge is 0.320 e. The number of benzene rings is 3. The van der Waals surface area contributed by atoms with Crippen molar-refractivity contribution >= 4 is 11.9 Å². The number of aliphatic hydroxyl groups is 3. The Balaban J connectivity index is 1.60. The van der Waals surface area contributed by atoms with Gasteiger partial charge in [0.2, 0.25) is 0 Å². The van der Waals surface area contributed by atoms with E-state index in [1.54, 1.807) is 20.8 Å². The summed E-state index contributed by atoms with van der Waals surface area (Å²) in [6.07, 6.45) is -2.28. The van der Waals surface area contributed by atoms with Gasteiger partial charge >= 0.3 is 11.9 Å². The fourth-order valence-electron chi connectivity index (χ4n) is 6.84. The number of ether oxygens (including phenoxy) is 5. The first-order chi connectivity index (χ1) is 26.9. The molecule has 2 fully saturated rings. The van der Waals surface area contributed by atoms with Gasteiger partial charge in [0.1, 0.15) is 11.2 Å². The van der Waals surface area contributed by atoms with E-state index in [1.807, 2.05) is 97.9 Å². The molecule has 2 aliphatic carbocycles. The van der Waals surface area contributed by atoms with Gasteiger partial charge in [-0.25, -0.2) is 0 Å². The van der Waals surface area contributed by atoms with Crippen LogP contribution in [0.1, 0.15) is 57.2 Å². The fourth-order valence-corrected chi connectivity index (χ4v) is 6.84. The van der Waals surface area contributed by atoms with E-state index in [0.29, 0.717) is 0 Å². The second-order valence-electron chi connectivity index (χ2n) is 15.8. The van der Waals surface area contributed by atoms with Gasteiger partial charge in [-0.05, 0) is 57.2 Å². The van der Waals surface area contributed by atoms with Gasteiger partial charge in [-0.15, -0.1) is 0 Å². The Morgan fingerprint density at radius 1 is 0.679 bits per heavy atom. The van der Waals surface area contributed by atoms with Crippen molar-refractivity contribution in [3.63, 3.8) is 0 Å². The van der Waals surface area contributed by atoms with E-state index in [0.717, 1.165) is 29.5 Å². The highest BCUT2D eigenvalue weighted by Gasteiger charge is 2.54. The molecule has 3 aromatic rings. The van der Waals surface area contributed by atoms with Crippen molar-refractivity contribution in [3.8, 4) is 0 Å². The predicted molar refractivity (Wildman–Crippen MR) is 209 cm³/mol. The lowest BCUT2D eigenvalue weighted by molar-refractivity contribution is -0.172. The zero-order valence-corrected chi connectivity index (χ0v) is 32.8. The van der Waals surface area contributed by atoms with E-state index < -0.39 is 84.9 Å². The lowest BCUT2D eigenvalue weighted by atomic mass is 9.78. The van der Waals surface area contributed by atoms with Crippen LogP contribution in [0.2, 0.25) is 0 Å². The molecular formula is C43H59N3O10. The monoisotopic (exact) mass is 777 g/mol. The molecular weight excluding hydrogens is 718 g/mol. The minimum absolute atomic E-state index is 0.153. The molecule has 0 saturated heterocycles. The van der Waals surface area contributed by atoms with E-state index in [-0.39, 0.29) is 32.9 Å². The highest BCUT2D eigenvalue weighted by molar-refractivity contribution is 5.73. The van der Waals surface area contributed by atoms with Gasteiger partial charge in [0, 0.05) is 0 Å². The highest BCUT2D eigenvalue weighted by Crippen LogP contribution is 2.39. The molecule has 2 aliphatic rings. The Bertz CT molecular complexity index is 1540. The Morgan fingerprint density at radius 2 is 1.09 bits per heavy atom. The summed E-state index contributed by atoms with van der Waals surface area (Å²) in [5.74, 6) is -0.939. The Hall–Kier alpha value is -3.76. The molecule has 2 unspecified atom stereocenters. The molecule has 0 radical (unpaired) electrons. The molecule has 56 heavy (non-hydrogen) atoms. The number of aliphatic hydroxyl groups excluding tert-OH is 3. The molecule has 0 heterocycles. The van der Waals surface area contributed by atoms with Crippen LogP contribution in [0.3, 0.4) is 0 Å². The third-order valence-corrected chi connectivity index (χ3v) is 9.93. The van der Waals surface area contributed by atoms with E-state index in [9.17, 15) is 24.9 Å². The van der Waals surface area contributed by atoms with Crippen molar-refractivity contribution in [2.45, 2.75) is 120 Å². The van der Waals surface area contributed by atoms with Gasteiger partial charge in [0.05, 0.1) is 94.7 Å². The number of carbonyl (C=O) groups excluding carboxylic acids is 2. The minimum atomic E-state index is -1.34. The van der Waals surface area contributed by atoms with Crippen molar-refractivity contribution in [3.05, 3.63) is 108 Å². The van der Waals surface area contributed by atoms with Crippen LogP contribution in [-0.4, -0.2) is 113 Å². The quantitative estimate of drug-likeness (QED) is 0.0872. The predicted octanol–water partition coefficient (Wildman–Crippen LogP) is 2.78. The maximum atomic E-state index is 13.3. The molecule has 0 bridgehead atoms. The molecule has 5 rings (SSSR count). The van der Waals surface area contributed by atoms with Crippen LogP contribution in [0.4, 0.5) is 0 Å². The molecule has 0 aliphatic heterocycles. The number of rotatable bonds is 21. The minimum Gasteiger partial charge on any atom is -0.459 e. The zero-order valence-electron chi connectivity index (χ0n) is 32.8. The van der Waals surface area contributed by atoms with Crippen molar-refractivity contribution in [2.75, 3.05) is 26.3 Å². The van der Waals surface area contributed by atoms with Crippen LogP contribution < -0.4 is 16.0 Å². The number of hydrogen-bond acceptors (Lipinski definition) is 13. The summed E-state index contributed by atoms with van der Waals surface area (Å²) in [5, 5.41) is 41.6. The summed E-state index contributed by atoms with van der Waals surface area (Å²) in [6, 6.07) is 25.5. The summed E-state index contributed by atoms with van der Waals surface area (Å²) in [7, 11) is 0. The van der Waals surface area contributed by atoms with Gasteiger partial charge in [0.15, 0.2) is 0 Å². The summed E-state index contributed by atoms with van der Waals surface area (Å²) in [6.45, 7) is 6.22. The first-order valence-electron chi connectivity index (χ1n) is 19.4. The van der Waals surface area contributed by atoms with Gasteiger partial charge in [-0.3, -0.25) is 20.2 Å². The first-order valence-corrected chi connectivity index (χ1v) is 19.4. The largest absolute Gasteiger partial charge is 0.459 e. The van der Waals surface area contributed by atoms with Gasteiger partial charge < -0.3 is 44.3 Å². The lowest BCUT2D eigenvalue weighted by Gasteiger charge is -2.52. The van der Waals surface area contributed by atoms with Crippen molar-refractivity contribution < 1.29 is 48.6 Å². The van der Waals surface area contributed by atoms with E-state index >= 15 is 0 Å². The normalized spacial score (nSPS) is 24.2. The number of carbonyl (C=O) groups is 2. The summed E-state index contributed by atoms with van der Waals surface area (Å²) in [4.78, 5) is 26.6. The third kappa shape index (κ3) is 13.2. The molecule has 2 saturated carbocycles. The molecule has 8 atom stereocenters. The van der Waals surface area contributed by atoms with Gasteiger partial charge in [-0.2, -0.15) is 0 Å². The Kier molecular flexibility index (Phi) is 16.0. The lowest BCUT2D eigenvalue weighted by Crippen LogP contribution is -2.76. The fraction of sp³-hybridized carbons (Fsp3) is 0.535. The molecule has 0 aromatic heterocycles. The summed E-state index contributed by atoms with van der Waals surface area (Å²) >= 11 is 0. The second-order valence-corrected chi connectivity index (χ2v) is 15.8. The highest BCUT2D eigenvalue weighted by atomic mass is 16.6. The second kappa shape index (κ2) is 20.6. The van der Waals surface area contributed by atoms with Crippen LogP contribution in [0.5, 0.6) is 0 Å². The van der Waals surface area contributed by atoms with Crippen LogP contribution >= 0.6 is 0 Å². The average molecular weight is 778 g/mol. The SMILES string of the molecule is CC(C)(C)OC(=O)CN[C@H]1[C@@H](OCc2ccccc2)[C@@H](NCC(=O)OC2(C)CC2)[C@@H](OCc2ccccc2)[C@@H](NC(CO)C(O)CO)[C@H]1OCc1ccccc1. The molecule has 0 spiro atoms. The summed E-state index contributed by atoms with van der Waals surface area (Å²) in [5.41, 5.74) is 1.42. The van der Waals surface area contributed by atoms with Crippen LogP contribution in [-0.2, 0) is 53.1 Å². The molecule has 3 aromatic carbocycles. The Labute approximate surface area is 330 Å². The van der Waals surface area contributed by atoms with Crippen molar-refractivity contribution in [1.82, 2.24) is 16.0 Å². The molecule has 306 valence electrons. The third-order valence-electron chi connectivity index (χ3n) is 9.93. The maximum Gasteiger partial charge on any atom is 0.320 e.